The first-order valence-electron chi connectivity index (χ1n) is 5.43. The number of nitrogen functional groups attached to an aromatic ring is 1. The summed E-state index contributed by atoms with van der Waals surface area (Å²) >= 11 is 0. The quantitative estimate of drug-likeness (QED) is 0.791. The van der Waals surface area contributed by atoms with Gasteiger partial charge in [-0.15, -0.1) is 0 Å². The molecule has 0 radical (unpaired) electrons. The summed E-state index contributed by atoms with van der Waals surface area (Å²) in [6.45, 7) is 1.38. The fourth-order valence-electron chi connectivity index (χ4n) is 1.64. The molecule has 0 aliphatic carbocycles. The van der Waals surface area contributed by atoms with Gasteiger partial charge in [-0.1, -0.05) is 0 Å². The monoisotopic (exact) mass is 287 g/mol. The molecule has 0 aliphatic heterocycles. The van der Waals surface area contributed by atoms with E-state index in [1.807, 2.05) is 0 Å². The van der Waals surface area contributed by atoms with Gasteiger partial charge in [-0.25, -0.2) is 9.37 Å². The third-order valence-corrected chi connectivity index (χ3v) is 2.73. The van der Waals surface area contributed by atoms with Gasteiger partial charge in [0.25, 0.3) is 5.56 Å². The van der Waals surface area contributed by atoms with E-state index in [-0.39, 0.29) is 11.4 Å². The predicted molar refractivity (Wildman–Crippen MR) is 64.4 cm³/mol. The molecule has 0 saturated carbocycles. The zero-order valence-corrected chi connectivity index (χ0v) is 10.2. The second kappa shape index (κ2) is 4.62. The molecule has 3 N–H and O–H groups in total. The normalized spacial score (nSPS) is 11.7. The average Bonchev–Trinajstić information content (AvgIpc) is 2.33. The lowest BCUT2D eigenvalue weighted by atomic mass is 10.1. The van der Waals surface area contributed by atoms with Crippen molar-refractivity contribution < 1.29 is 17.6 Å². The highest BCUT2D eigenvalue weighted by atomic mass is 19.4. The van der Waals surface area contributed by atoms with Gasteiger partial charge in [0.2, 0.25) is 0 Å². The van der Waals surface area contributed by atoms with E-state index in [1.54, 1.807) is 0 Å². The third kappa shape index (κ3) is 2.49. The van der Waals surface area contributed by atoms with Crippen molar-refractivity contribution in [1.29, 1.82) is 0 Å². The van der Waals surface area contributed by atoms with Gasteiger partial charge in [-0.2, -0.15) is 13.2 Å². The molecule has 0 amide bonds. The Kier molecular flexibility index (Phi) is 3.24. The summed E-state index contributed by atoms with van der Waals surface area (Å²) in [5.74, 6) is -1.51. The number of benzene rings is 1. The van der Waals surface area contributed by atoms with Gasteiger partial charge >= 0.3 is 6.18 Å². The van der Waals surface area contributed by atoms with Crippen LogP contribution in [0.5, 0.6) is 0 Å². The van der Waals surface area contributed by atoms with Crippen molar-refractivity contribution in [3.63, 3.8) is 0 Å². The van der Waals surface area contributed by atoms with Crippen LogP contribution < -0.4 is 11.3 Å². The number of halogens is 4. The molecule has 0 bridgehead atoms. The van der Waals surface area contributed by atoms with E-state index in [9.17, 15) is 22.4 Å². The zero-order valence-electron chi connectivity index (χ0n) is 10.2. The molecule has 1 aromatic carbocycles. The van der Waals surface area contributed by atoms with Gasteiger partial charge in [-0.3, -0.25) is 4.79 Å². The average molecular weight is 287 g/mol. The molecule has 0 fully saturated rings. The highest BCUT2D eigenvalue weighted by molar-refractivity contribution is 5.63. The minimum absolute atomic E-state index is 0.0821. The Morgan fingerprint density at radius 3 is 2.50 bits per heavy atom. The summed E-state index contributed by atoms with van der Waals surface area (Å²) in [6.07, 6.45) is -4.71. The van der Waals surface area contributed by atoms with Gasteiger partial charge in [0, 0.05) is 5.56 Å². The van der Waals surface area contributed by atoms with Crippen molar-refractivity contribution in [2.45, 2.75) is 13.1 Å². The number of hydrogen-bond acceptors (Lipinski definition) is 3. The van der Waals surface area contributed by atoms with Crippen LogP contribution >= 0.6 is 0 Å². The van der Waals surface area contributed by atoms with Crippen LogP contribution in [-0.4, -0.2) is 9.97 Å². The SMILES string of the molecule is Cc1c(N)nc(-c2cc(F)ccc2C(F)(F)F)[nH]c1=O. The first kappa shape index (κ1) is 14.0. The summed E-state index contributed by atoms with van der Waals surface area (Å²) in [6, 6.07) is 1.92. The molecule has 0 atom stereocenters. The maximum absolute atomic E-state index is 13.2. The van der Waals surface area contributed by atoms with Crippen molar-refractivity contribution in [3.8, 4) is 11.4 Å². The second-order valence-electron chi connectivity index (χ2n) is 4.11. The fraction of sp³-hybridized carbons (Fsp3) is 0.167. The number of nitrogens with zero attached hydrogens (tertiary/aromatic N) is 1. The number of nitrogens with two attached hydrogens (primary N) is 1. The molecular weight excluding hydrogens is 278 g/mol. The van der Waals surface area contributed by atoms with Crippen LogP contribution in [0.1, 0.15) is 11.1 Å². The molecule has 1 heterocycles. The van der Waals surface area contributed by atoms with E-state index in [2.05, 4.69) is 9.97 Å². The van der Waals surface area contributed by atoms with Crippen LogP contribution in [0.25, 0.3) is 11.4 Å². The van der Waals surface area contributed by atoms with Crippen LogP contribution in [-0.2, 0) is 6.18 Å². The zero-order chi connectivity index (χ0) is 15.1. The number of anilines is 1. The van der Waals surface area contributed by atoms with Gasteiger partial charge in [0.05, 0.1) is 11.1 Å². The summed E-state index contributed by atoms with van der Waals surface area (Å²) in [4.78, 5) is 17.4. The van der Waals surface area contributed by atoms with Crippen molar-refractivity contribution >= 4 is 5.82 Å². The van der Waals surface area contributed by atoms with Crippen LogP contribution in [0.3, 0.4) is 0 Å². The molecule has 0 aliphatic rings. The Morgan fingerprint density at radius 1 is 1.30 bits per heavy atom. The predicted octanol–water partition coefficient (Wildman–Crippen LogP) is 2.49. The van der Waals surface area contributed by atoms with E-state index in [0.717, 1.165) is 0 Å². The maximum atomic E-state index is 13.2. The standard InChI is InChI=1S/C12H9F4N3O/c1-5-9(17)18-10(19-11(5)20)7-4-6(13)2-3-8(7)12(14,15)16/h2-4H,1H3,(H3,17,18,19,20). The summed E-state index contributed by atoms with van der Waals surface area (Å²) < 4.78 is 51.8. The smallest absolute Gasteiger partial charge is 0.383 e. The molecule has 106 valence electrons. The summed E-state index contributed by atoms with van der Waals surface area (Å²) in [5, 5.41) is 0. The number of aromatic nitrogens is 2. The lowest BCUT2D eigenvalue weighted by Gasteiger charge is -2.12. The number of aromatic amines is 1. The Labute approximate surface area is 110 Å². The largest absolute Gasteiger partial charge is 0.417 e. The molecule has 2 aromatic rings. The van der Waals surface area contributed by atoms with E-state index in [4.69, 9.17) is 5.73 Å². The molecule has 4 nitrogen and oxygen atoms in total. The highest BCUT2D eigenvalue weighted by Gasteiger charge is 2.34. The molecule has 2 rings (SSSR count). The van der Waals surface area contributed by atoms with E-state index < -0.39 is 34.5 Å². The number of nitrogens with one attached hydrogen (secondary N) is 1. The van der Waals surface area contributed by atoms with Gasteiger partial charge < -0.3 is 10.7 Å². The van der Waals surface area contributed by atoms with Crippen LogP contribution in [0.15, 0.2) is 23.0 Å². The summed E-state index contributed by atoms with van der Waals surface area (Å²) in [7, 11) is 0. The van der Waals surface area contributed by atoms with Gasteiger partial charge in [0.1, 0.15) is 17.5 Å². The van der Waals surface area contributed by atoms with Gasteiger partial charge in [-0.05, 0) is 25.1 Å². The second-order valence-corrected chi connectivity index (χ2v) is 4.11. The minimum Gasteiger partial charge on any atom is -0.383 e. The van der Waals surface area contributed by atoms with Crippen LogP contribution in [0, 0.1) is 12.7 Å². The summed E-state index contributed by atoms with van der Waals surface area (Å²) in [5.41, 5.74) is 3.18. The van der Waals surface area contributed by atoms with Gasteiger partial charge in [0.15, 0.2) is 0 Å². The number of alkyl halides is 3. The fourth-order valence-corrected chi connectivity index (χ4v) is 1.64. The Hall–Kier alpha value is -2.38. The lowest BCUT2D eigenvalue weighted by Crippen LogP contribution is -2.17. The number of hydrogen-bond donors (Lipinski definition) is 2. The molecule has 1 aromatic heterocycles. The minimum atomic E-state index is -4.71. The maximum Gasteiger partial charge on any atom is 0.417 e. The van der Waals surface area contributed by atoms with Crippen molar-refractivity contribution in [2.24, 2.45) is 0 Å². The Morgan fingerprint density at radius 2 is 1.95 bits per heavy atom. The first-order valence-corrected chi connectivity index (χ1v) is 5.43. The highest BCUT2D eigenvalue weighted by Crippen LogP contribution is 2.36. The van der Waals surface area contributed by atoms with Crippen molar-refractivity contribution in [2.75, 3.05) is 5.73 Å². The molecule has 8 heteroatoms. The van der Waals surface area contributed by atoms with E-state index in [1.165, 1.54) is 6.92 Å². The van der Waals surface area contributed by atoms with Crippen LogP contribution in [0.4, 0.5) is 23.4 Å². The number of rotatable bonds is 1. The molecular formula is C12H9F4N3O. The van der Waals surface area contributed by atoms with E-state index >= 15 is 0 Å². The Bertz CT molecular complexity index is 722. The topological polar surface area (TPSA) is 71.8 Å². The van der Waals surface area contributed by atoms with Crippen molar-refractivity contribution in [3.05, 3.63) is 45.5 Å². The Balaban J connectivity index is 2.75. The molecule has 20 heavy (non-hydrogen) atoms. The molecule has 0 unspecified atom stereocenters. The lowest BCUT2D eigenvalue weighted by molar-refractivity contribution is -0.137. The third-order valence-electron chi connectivity index (χ3n) is 2.73. The van der Waals surface area contributed by atoms with Crippen LogP contribution in [0.2, 0.25) is 0 Å². The molecule has 0 saturated heterocycles. The van der Waals surface area contributed by atoms with Crippen molar-refractivity contribution in [1.82, 2.24) is 9.97 Å². The van der Waals surface area contributed by atoms with E-state index in [0.29, 0.717) is 18.2 Å². The first-order chi connectivity index (χ1) is 9.20. The molecule has 0 spiro atoms. The number of H-pyrrole nitrogens is 1.